The van der Waals surface area contributed by atoms with E-state index in [1.54, 1.807) is 24.3 Å². The summed E-state index contributed by atoms with van der Waals surface area (Å²) in [5.41, 5.74) is 0.568. The van der Waals surface area contributed by atoms with E-state index < -0.39 is 36.3 Å². The van der Waals surface area contributed by atoms with Crippen molar-refractivity contribution in [2.24, 2.45) is 0 Å². The Morgan fingerprint density at radius 2 is 1.71 bits per heavy atom. The molecule has 0 saturated carbocycles. The lowest BCUT2D eigenvalue weighted by molar-refractivity contribution is -0.143. The molecule has 3 rings (SSSR count). The van der Waals surface area contributed by atoms with E-state index >= 15 is 0 Å². The Morgan fingerprint density at radius 1 is 1.14 bits per heavy atom. The van der Waals surface area contributed by atoms with Gasteiger partial charge in [0.15, 0.2) is 0 Å². The lowest BCUT2D eigenvalue weighted by atomic mass is 10.1. The number of imide groups is 1. The van der Waals surface area contributed by atoms with Gasteiger partial charge in [0.05, 0.1) is 11.1 Å². The molecule has 7 nitrogen and oxygen atoms in total. The monoisotopic (exact) mass is 288 g/mol. The quantitative estimate of drug-likeness (QED) is 0.788. The summed E-state index contributed by atoms with van der Waals surface area (Å²) in [7, 11) is 0. The lowest BCUT2D eigenvalue weighted by Crippen LogP contribution is -2.45. The maximum atomic E-state index is 12.3. The van der Waals surface area contributed by atoms with Crippen molar-refractivity contribution in [3.63, 3.8) is 0 Å². The fourth-order valence-electron chi connectivity index (χ4n) is 2.77. The van der Waals surface area contributed by atoms with E-state index in [0.29, 0.717) is 0 Å². The van der Waals surface area contributed by atoms with Crippen molar-refractivity contribution in [3.05, 3.63) is 35.4 Å². The highest BCUT2D eigenvalue weighted by Crippen LogP contribution is 2.28. The minimum Gasteiger partial charge on any atom is -0.480 e. The molecule has 1 unspecified atom stereocenters. The molecule has 0 bridgehead atoms. The molecule has 0 aromatic heterocycles. The van der Waals surface area contributed by atoms with E-state index in [2.05, 4.69) is 0 Å². The average molecular weight is 288 g/mol. The van der Waals surface area contributed by atoms with Crippen LogP contribution in [0.5, 0.6) is 0 Å². The summed E-state index contributed by atoms with van der Waals surface area (Å²) >= 11 is 0. The standard InChI is InChI=1S/C14H12N2O5/c17-11(18)7-15-6-5-10(14(15)21)16-12(19)8-3-1-2-4-9(8)13(16)20/h1-4,10H,5-7H2,(H,17,18). The number of hydrogen-bond donors (Lipinski definition) is 1. The van der Waals surface area contributed by atoms with Crippen LogP contribution in [0.15, 0.2) is 24.3 Å². The number of amides is 3. The first-order valence-electron chi connectivity index (χ1n) is 6.48. The summed E-state index contributed by atoms with van der Waals surface area (Å²) in [6, 6.07) is 5.49. The van der Waals surface area contributed by atoms with Crippen LogP contribution in [0.3, 0.4) is 0 Å². The summed E-state index contributed by atoms with van der Waals surface area (Å²) < 4.78 is 0. The Balaban J connectivity index is 1.87. The summed E-state index contributed by atoms with van der Waals surface area (Å²) in [5, 5.41) is 8.75. The van der Waals surface area contributed by atoms with Gasteiger partial charge >= 0.3 is 5.97 Å². The van der Waals surface area contributed by atoms with E-state index in [1.165, 1.54) is 0 Å². The number of hydrogen-bond acceptors (Lipinski definition) is 4. The summed E-state index contributed by atoms with van der Waals surface area (Å²) in [5.74, 6) is -2.60. The number of carboxylic acid groups (broad SMARTS) is 1. The first-order valence-corrected chi connectivity index (χ1v) is 6.48. The van der Waals surface area contributed by atoms with Crippen LogP contribution in [0, 0.1) is 0 Å². The van der Waals surface area contributed by atoms with Crippen molar-refractivity contribution >= 4 is 23.7 Å². The zero-order valence-corrected chi connectivity index (χ0v) is 11.0. The summed E-state index contributed by atoms with van der Waals surface area (Å²) in [4.78, 5) is 49.6. The zero-order chi connectivity index (χ0) is 15.1. The number of carbonyl (C=O) groups excluding carboxylic acids is 3. The molecule has 1 aromatic rings. The molecule has 1 saturated heterocycles. The molecule has 2 aliphatic heterocycles. The Labute approximate surface area is 119 Å². The minimum atomic E-state index is -1.12. The Bertz CT molecular complexity index is 634. The predicted octanol–water partition coefficient (Wildman–Crippen LogP) is -0.0319. The molecule has 2 aliphatic rings. The largest absolute Gasteiger partial charge is 0.480 e. The number of likely N-dealkylation sites (tertiary alicyclic amines) is 1. The van der Waals surface area contributed by atoms with E-state index in [0.717, 1.165) is 9.80 Å². The van der Waals surface area contributed by atoms with Gasteiger partial charge in [0.25, 0.3) is 11.8 Å². The second-order valence-corrected chi connectivity index (χ2v) is 4.98. The number of fused-ring (bicyclic) bond motifs is 1. The van der Waals surface area contributed by atoms with E-state index in [1.807, 2.05) is 0 Å². The number of carboxylic acids is 1. The van der Waals surface area contributed by atoms with Crippen molar-refractivity contribution in [2.75, 3.05) is 13.1 Å². The van der Waals surface area contributed by atoms with Crippen molar-refractivity contribution in [1.29, 1.82) is 0 Å². The molecule has 0 spiro atoms. The smallest absolute Gasteiger partial charge is 0.323 e. The van der Waals surface area contributed by atoms with Gasteiger partial charge in [-0.1, -0.05) is 12.1 Å². The van der Waals surface area contributed by atoms with Crippen LogP contribution in [0.2, 0.25) is 0 Å². The fraction of sp³-hybridized carbons (Fsp3) is 0.286. The van der Waals surface area contributed by atoms with Crippen molar-refractivity contribution in [2.45, 2.75) is 12.5 Å². The second-order valence-electron chi connectivity index (χ2n) is 4.98. The van der Waals surface area contributed by atoms with Crippen LogP contribution in [0.1, 0.15) is 27.1 Å². The predicted molar refractivity (Wildman–Crippen MR) is 69.6 cm³/mol. The fourth-order valence-corrected chi connectivity index (χ4v) is 2.77. The molecule has 0 aliphatic carbocycles. The van der Waals surface area contributed by atoms with Crippen LogP contribution in [0.4, 0.5) is 0 Å². The Hall–Kier alpha value is -2.70. The van der Waals surface area contributed by atoms with Gasteiger partial charge in [-0.25, -0.2) is 0 Å². The second kappa shape index (κ2) is 4.69. The van der Waals surface area contributed by atoms with Crippen LogP contribution < -0.4 is 0 Å². The molecule has 108 valence electrons. The third-order valence-electron chi connectivity index (χ3n) is 3.73. The average Bonchev–Trinajstić information content (AvgIpc) is 2.91. The maximum Gasteiger partial charge on any atom is 0.323 e. The molecule has 1 fully saturated rings. The molecule has 0 radical (unpaired) electrons. The molecule has 1 atom stereocenters. The lowest BCUT2D eigenvalue weighted by Gasteiger charge is -2.21. The molecule has 7 heteroatoms. The van der Waals surface area contributed by atoms with Crippen molar-refractivity contribution < 1.29 is 24.3 Å². The van der Waals surface area contributed by atoms with Gasteiger partial charge in [0.1, 0.15) is 12.6 Å². The molecule has 1 N–H and O–H groups in total. The number of aliphatic carboxylic acids is 1. The van der Waals surface area contributed by atoms with Gasteiger partial charge in [-0.05, 0) is 18.6 Å². The van der Waals surface area contributed by atoms with E-state index in [-0.39, 0.29) is 24.1 Å². The summed E-state index contributed by atoms with van der Waals surface area (Å²) in [6.07, 6.45) is 0.261. The summed E-state index contributed by atoms with van der Waals surface area (Å²) in [6.45, 7) is -0.193. The van der Waals surface area contributed by atoms with E-state index in [4.69, 9.17) is 5.11 Å². The number of rotatable bonds is 3. The number of carbonyl (C=O) groups is 4. The van der Waals surface area contributed by atoms with Gasteiger partial charge in [0, 0.05) is 6.54 Å². The molecule has 3 amide bonds. The Morgan fingerprint density at radius 3 is 2.24 bits per heavy atom. The molecular formula is C14H12N2O5. The topological polar surface area (TPSA) is 95.0 Å². The Kier molecular flexibility index (Phi) is 2.97. The highest BCUT2D eigenvalue weighted by Gasteiger charge is 2.46. The van der Waals surface area contributed by atoms with Crippen LogP contribution in [-0.4, -0.2) is 57.7 Å². The first kappa shape index (κ1) is 13.3. The van der Waals surface area contributed by atoms with Gasteiger partial charge in [-0.2, -0.15) is 0 Å². The molecular weight excluding hydrogens is 276 g/mol. The molecule has 21 heavy (non-hydrogen) atoms. The van der Waals surface area contributed by atoms with E-state index in [9.17, 15) is 19.2 Å². The highest BCUT2D eigenvalue weighted by molar-refractivity contribution is 6.23. The van der Waals surface area contributed by atoms with Gasteiger partial charge in [0.2, 0.25) is 5.91 Å². The third kappa shape index (κ3) is 1.97. The number of nitrogens with zero attached hydrogens (tertiary/aromatic N) is 2. The van der Waals surface area contributed by atoms with Crippen LogP contribution in [0.25, 0.3) is 0 Å². The molecule has 2 heterocycles. The van der Waals surface area contributed by atoms with Gasteiger partial charge in [-0.3, -0.25) is 24.1 Å². The normalized spacial score (nSPS) is 21.1. The number of benzene rings is 1. The third-order valence-corrected chi connectivity index (χ3v) is 3.73. The zero-order valence-electron chi connectivity index (χ0n) is 11.0. The van der Waals surface area contributed by atoms with Crippen LogP contribution in [-0.2, 0) is 9.59 Å². The minimum absolute atomic E-state index is 0.225. The molecule has 1 aromatic carbocycles. The van der Waals surface area contributed by atoms with Crippen molar-refractivity contribution in [1.82, 2.24) is 9.80 Å². The highest BCUT2D eigenvalue weighted by atomic mass is 16.4. The SMILES string of the molecule is O=C(O)CN1CCC(N2C(=O)c3ccccc3C2=O)C1=O. The van der Waals surface area contributed by atoms with Gasteiger partial charge < -0.3 is 10.0 Å². The maximum absolute atomic E-state index is 12.3. The van der Waals surface area contributed by atoms with Gasteiger partial charge in [-0.15, -0.1) is 0 Å². The van der Waals surface area contributed by atoms with Crippen molar-refractivity contribution in [3.8, 4) is 0 Å². The first-order chi connectivity index (χ1) is 10.0. The van der Waals surface area contributed by atoms with Crippen LogP contribution >= 0.6 is 0 Å².